The molecule has 0 aromatic rings. The molecule has 0 aliphatic heterocycles. The van der Waals surface area contributed by atoms with Crippen molar-refractivity contribution in [2.24, 2.45) is 39.9 Å². The number of allylic oxidation sites excluding steroid dienone is 1. The van der Waals surface area contributed by atoms with Crippen molar-refractivity contribution < 1.29 is 10.2 Å². The molecule has 0 saturated heterocycles. The van der Waals surface area contributed by atoms with E-state index < -0.39 is 6.10 Å². The summed E-state index contributed by atoms with van der Waals surface area (Å²) >= 11 is 0. The SMILES string of the molecule is C=CC(O)[C@]12CC[C@H]([C@H](C)CCCC(C)C)[C@@]1(C)CCC1=C2CC[C@H]2C[C@@H](O)CC[C@]12C. The lowest BCUT2D eigenvalue weighted by atomic mass is 9.44. The summed E-state index contributed by atoms with van der Waals surface area (Å²) in [5, 5.41) is 22.0. The molecule has 0 bridgehead atoms. The van der Waals surface area contributed by atoms with Gasteiger partial charge in [-0.15, -0.1) is 6.58 Å². The monoisotopic (exact) mass is 442 g/mol. The van der Waals surface area contributed by atoms with E-state index in [9.17, 15) is 10.2 Å². The van der Waals surface area contributed by atoms with Gasteiger partial charge < -0.3 is 10.2 Å². The number of hydrogen-bond donors (Lipinski definition) is 2. The van der Waals surface area contributed by atoms with Gasteiger partial charge in [-0.2, -0.15) is 0 Å². The van der Waals surface area contributed by atoms with Gasteiger partial charge in [0.05, 0.1) is 12.2 Å². The van der Waals surface area contributed by atoms with Gasteiger partial charge in [-0.05, 0) is 92.3 Å². The van der Waals surface area contributed by atoms with E-state index in [1.165, 1.54) is 44.9 Å². The standard InChI is InChI=1S/C30H50O2/c1-7-27(32)30-18-15-24(21(4)10-8-9-20(2)3)29(30,6)17-14-25-26(30)12-11-22-19-23(31)13-16-28(22,25)5/h7,20-24,27,31-32H,1,8-19H2,2-6H3/t21-,22+,23+,24-,27?,28+,29-,30-/m1/s1. The number of rotatable bonds is 7. The molecule has 182 valence electrons. The Morgan fingerprint density at radius 3 is 2.44 bits per heavy atom. The normalized spacial score (nSPS) is 43.4. The van der Waals surface area contributed by atoms with E-state index >= 15 is 0 Å². The van der Waals surface area contributed by atoms with E-state index in [0.29, 0.717) is 11.8 Å². The zero-order valence-electron chi connectivity index (χ0n) is 21.6. The minimum absolute atomic E-state index is 0.112. The first kappa shape index (κ1) is 24.5. The molecule has 2 nitrogen and oxygen atoms in total. The van der Waals surface area contributed by atoms with Crippen LogP contribution in [0, 0.1) is 39.9 Å². The minimum Gasteiger partial charge on any atom is -0.393 e. The molecule has 0 aromatic heterocycles. The molecule has 0 aromatic carbocycles. The van der Waals surface area contributed by atoms with Gasteiger partial charge in [-0.3, -0.25) is 0 Å². The molecule has 4 aliphatic carbocycles. The molecule has 2 N–H and O–H groups in total. The molecule has 2 heteroatoms. The van der Waals surface area contributed by atoms with Crippen molar-refractivity contribution in [1.29, 1.82) is 0 Å². The predicted molar refractivity (Wildman–Crippen MR) is 134 cm³/mol. The highest BCUT2D eigenvalue weighted by Crippen LogP contribution is 2.72. The molecule has 0 radical (unpaired) electrons. The first-order chi connectivity index (χ1) is 15.1. The Hall–Kier alpha value is -0.600. The van der Waals surface area contributed by atoms with Gasteiger partial charge in [-0.1, -0.05) is 71.1 Å². The number of aliphatic hydroxyl groups is 2. The molecule has 32 heavy (non-hydrogen) atoms. The molecule has 4 rings (SSSR count). The molecule has 0 amide bonds. The van der Waals surface area contributed by atoms with Crippen LogP contribution in [0.25, 0.3) is 0 Å². The highest BCUT2D eigenvalue weighted by atomic mass is 16.3. The Kier molecular flexibility index (Phi) is 6.80. The van der Waals surface area contributed by atoms with Crippen LogP contribution in [0.1, 0.15) is 112 Å². The number of hydrogen-bond acceptors (Lipinski definition) is 2. The topological polar surface area (TPSA) is 40.5 Å². The molecular formula is C30H50O2. The summed E-state index contributed by atoms with van der Waals surface area (Å²) in [6, 6.07) is 0. The molecule has 0 heterocycles. The van der Waals surface area contributed by atoms with Crippen molar-refractivity contribution in [3.05, 3.63) is 23.8 Å². The predicted octanol–water partition coefficient (Wildman–Crippen LogP) is 7.45. The number of fused-ring (bicyclic) bond motifs is 4. The second-order valence-corrected chi connectivity index (χ2v) is 13.1. The Morgan fingerprint density at radius 2 is 1.75 bits per heavy atom. The average Bonchev–Trinajstić information content (AvgIpc) is 3.07. The second kappa shape index (κ2) is 8.88. The van der Waals surface area contributed by atoms with E-state index in [1.807, 2.05) is 6.08 Å². The molecular weight excluding hydrogens is 392 g/mol. The highest BCUT2D eigenvalue weighted by molar-refractivity contribution is 5.40. The van der Waals surface area contributed by atoms with Gasteiger partial charge in [-0.25, -0.2) is 0 Å². The van der Waals surface area contributed by atoms with Gasteiger partial charge in [0.2, 0.25) is 0 Å². The van der Waals surface area contributed by atoms with E-state index in [1.54, 1.807) is 11.1 Å². The van der Waals surface area contributed by atoms with E-state index in [4.69, 9.17) is 0 Å². The van der Waals surface area contributed by atoms with Crippen molar-refractivity contribution in [2.45, 2.75) is 124 Å². The third kappa shape index (κ3) is 3.58. The minimum atomic E-state index is -0.444. The van der Waals surface area contributed by atoms with Crippen molar-refractivity contribution in [3.8, 4) is 0 Å². The lowest BCUT2D eigenvalue weighted by molar-refractivity contribution is -0.0572. The van der Waals surface area contributed by atoms with Gasteiger partial charge in [0.25, 0.3) is 0 Å². The maximum absolute atomic E-state index is 11.6. The fraction of sp³-hybridized carbons (Fsp3) is 0.867. The molecule has 8 atom stereocenters. The van der Waals surface area contributed by atoms with Crippen LogP contribution in [0.2, 0.25) is 0 Å². The quantitative estimate of drug-likeness (QED) is 0.402. The van der Waals surface area contributed by atoms with Gasteiger partial charge in [0, 0.05) is 5.41 Å². The average molecular weight is 443 g/mol. The maximum Gasteiger partial charge on any atom is 0.0817 e. The second-order valence-electron chi connectivity index (χ2n) is 13.1. The summed E-state index contributed by atoms with van der Waals surface area (Å²) in [4.78, 5) is 0. The summed E-state index contributed by atoms with van der Waals surface area (Å²) in [6.45, 7) is 16.3. The van der Waals surface area contributed by atoms with Crippen LogP contribution in [0.5, 0.6) is 0 Å². The molecule has 2 fully saturated rings. The Bertz CT molecular complexity index is 737. The summed E-state index contributed by atoms with van der Waals surface area (Å²) in [7, 11) is 0. The van der Waals surface area contributed by atoms with Crippen molar-refractivity contribution >= 4 is 0 Å². The van der Waals surface area contributed by atoms with Crippen molar-refractivity contribution in [3.63, 3.8) is 0 Å². The zero-order valence-corrected chi connectivity index (χ0v) is 21.6. The lowest BCUT2D eigenvalue weighted by Gasteiger charge is -2.60. The molecule has 2 saturated carbocycles. The Labute approximate surface area is 198 Å². The first-order valence-electron chi connectivity index (χ1n) is 13.8. The fourth-order valence-corrected chi connectivity index (χ4v) is 9.39. The van der Waals surface area contributed by atoms with Crippen molar-refractivity contribution in [1.82, 2.24) is 0 Å². The Morgan fingerprint density at radius 1 is 1.00 bits per heavy atom. The molecule has 1 unspecified atom stereocenters. The summed E-state index contributed by atoms with van der Waals surface area (Å²) < 4.78 is 0. The van der Waals surface area contributed by atoms with E-state index in [-0.39, 0.29) is 22.3 Å². The van der Waals surface area contributed by atoms with Gasteiger partial charge >= 0.3 is 0 Å². The fourth-order valence-electron chi connectivity index (χ4n) is 9.39. The van der Waals surface area contributed by atoms with E-state index in [2.05, 4.69) is 41.2 Å². The summed E-state index contributed by atoms with van der Waals surface area (Å²) in [5.74, 6) is 2.81. The van der Waals surface area contributed by atoms with Crippen LogP contribution >= 0.6 is 0 Å². The first-order valence-corrected chi connectivity index (χ1v) is 13.8. The summed E-state index contributed by atoms with van der Waals surface area (Å²) in [5.41, 5.74) is 3.58. The summed E-state index contributed by atoms with van der Waals surface area (Å²) in [6.07, 6.45) is 15.4. The smallest absolute Gasteiger partial charge is 0.0817 e. The third-order valence-corrected chi connectivity index (χ3v) is 11.2. The largest absolute Gasteiger partial charge is 0.393 e. The van der Waals surface area contributed by atoms with Crippen LogP contribution < -0.4 is 0 Å². The van der Waals surface area contributed by atoms with Crippen molar-refractivity contribution in [2.75, 3.05) is 0 Å². The van der Waals surface area contributed by atoms with E-state index in [0.717, 1.165) is 43.9 Å². The lowest BCUT2D eigenvalue weighted by Crippen LogP contribution is -2.54. The van der Waals surface area contributed by atoms with Crippen LogP contribution in [0.3, 0.4) is 0 Å². The Balaban J connectivity index is 1.70. The van der Waals surface area contributed by atoms with Gasteiger partial charge in [0.15, 0.2) is 0 Å². The highest BCUT2D eigenvalue weighted by Gasteiger charge is 2.65. The molecule has 4 aliphatic rings. The zero-order chi connectivity index (χ0) is 23.3. The number of aliphatic hydroxyl groups excluding tert-OH is 2. The van der Waals surface area contributed by atoms with Crippen LogP contribution in [0.4, 0.5) is 0 Å². The molecule has 0 spiro atoms. The maximum atomic E-state index is 11.6. The van der Waals surface area contributed by atoms with Gasteiger partial charge in [0.1, 0.15) is 0 Å². The third-order valence-electron chi connectivity index (χ3n) is 11.2. The van der Waals surface area contributed by atoms with Crippen LogP contribution in [-0.4, -0.2) is 22.4 Å². The van der Waals surface area contributed by atoms with Crippen LogP contribution in [-0.2, 0) is 0 Å². The van der Waals surface area contributed by atoms with Crippen LogP contribution in [0.15, 0.2) is 23.8 Å².